The summed E-state index contributed by atoms with van der Waals surface area (Å²) in [7, 11) is 3.74. The highest BCUT2D eigenvalue weighted by molar-refractivity contribution is 6.30. The number of benzene rings is 2. The smallest absolute Gasteiger partial charge is 0.322 e. The summed E-state index contributed by atoms with van der Waals surface area (Å²) in [6.45, 7) is 4.60. The maximum Gasteiger partial charge on any atom is 0.322 e. The van der Waals surface area contributed by atoms with Crippen molar-refractivity contribution >= 4 is 34.9 Å². The van der Waals surface area contributed by atoms with Gasteiger partial charge in [-0.15, -0.1) is 0 Å². The molecule has 1 saturated heterocycles. The highest BCUT2D eigenvalue weighted by Gasteiger charge is 2.40. The molecular formula is C25H31ClN4O3. The average molecular weight is 471 g/mol. The number of likely N-dealkylation sites (N-methyl/N-ethyl adjacent to an activating group) is 1. The van der Waals surface area contributed by atoms with Crippen LogP contribution in [0.1, 0.15) is 30.4 Å². The number of halogens is 1. The van der Waals surface area contributed by atoms with Crippen molar-refractivity contribution in [2.24, 2.45) is 0 Å². The summed E-state index contributed by atoms with van der Waals surface area (Å²) in [5.74, 6) is 0.237. The maximum absolute atomic E-state index is 13.2. The number of ether oxygens (including phenoxy) is 1. The lowest BCUT2D eigenvalue weighted by atomic mass is 9.95. The van der Waals surface area contributed by atoms with Gasteiger partial charge in [-0.05, 0) is 66.9 Å². The van der Waals surface area contributed by atoms with Gasteiger partial charge in [0.1, 0.15) is 6.04 Å². The van der Waals surface area contributed by atoms with Crippen molar-refractivity contribution in [1.29, 1.82) is 0 Å². The number of urea groups is 1. The molecule has 2 heterocycles. The summed E-state index contributed by atoms with van der Waals surface area (Å²) in [5.41, 5.74) is 3.98. The molecule has 33 heavy (non-hydrogen) atoms. The molecule has 0 saturated carbocycles. The second kappa shape index (κ2) is 10.1. The Morgan fingerprint density at radius 3 is 2.52 bits per heavy atom. The number of methoxy groups -OCH3 is 1. The van der Waals surface area contributed by atoms with Gasteiger partial charge in [0, 0.05) is 49.6 Å². The van der Waals surface area contributed by atoms with Crippen LogP contribution in [0.2, 0.25) is 5.02 Å². The molecule has 2 aliphatic rings. The van der Waals surface area contributed by atoms with E-state index in [9.17, 15) is 9.59 Å². The van der Waals surface area contributed by atoms with Gasteiger partial charge in [-0.1, -0.05) is 24.6 Å². The van der Waals surface area contributed by atoms with Crippen LogP contribution in [0.15, 0.2) is 42.5 Å². The summed E-state index contributed by atoms with van der Waals surface area (Å²) in [6, 6.07) is 12.1. The number of hydrogen-bond acceptors (Lipinski definition) is 4. The van der Waals surface area contributed by atoms with Crippen molar-refractivity contribution in [2.75, 3.05) is 44.4 Å². The van der Waals surface area contributed by atoms with Crippen LogP contribution in [0.4, 0.5) is 16.2 Å². The van der Waals surface area contributed by atoms with Crippen molar-refractivity contribution in [2.45, 2.75) is 37.8 Å². The van der Waals surface area contributed by atoms with Crippen LogP contribution in [-0.4, -0.2) is 67.7 Å². The number of rotatable bonds is 4. The zero-order valence-electron chi connectivity index (χ0n) is 19.3. The topological polar surface area (TPSA) is 73.9 Å². The molecule has 2 aromatic carbocycles. The first-order valence-corrected chi connectivity index (χ1v) is 11.7. The van der Waals surface area contributed by atoms with Gasteiger partial charge in [-0.2, -0.15) is 0 Å². The largest absolute Gasteiger partial charge is 0.380 e. The molecule has 0 radical (unpaired) electrons. The number of nitrogens with zero attached hydrogens (tertiary/aromatic N) is 2. The van der Waals surface area contributed by atoms with E-state index in [4.69, 9.17) is 16.3 Å². The Hall–Kier alpha value is -2.61. The Balaban J connectivity index is 1.47. The molecule has 0 bridgehead atoms. The molecule has 3 atom stereocenters. The third-order valence-electron chi connectivity index (χ3n) is 6.54. The number of amides is 3. The van der Waals surface area contributed by atoms with Crippen LogP contribution < -0.4 is 10.6 Å². The van der Waals surface area contributed by atoms with Gasteiger partial charge in [0.15, 0.2) is 0 Å². The first-order valence-electron chi connectivity index (χ1n) is 11.3. The van der Waals surface area contributed by atoms with E-state index in [2.05, 4.69) is 41.6 Å². The molecule has 0 unspecified atom stereocenters. The highest BCUT2D eigenvalue weighted by atomic mass is 35.5. The number of fused-ring (bicyclic) bond motifs is 1. The molecular weight excluding hydrogens is 440 g/mol. The lowest BCUT2D eigenvalue weighted by Gasteiger charge is -2.24. The van der Waals surface area contributed by atoms with Gasteiger partial charge in [0.05, 0.1) is 6.10 Å². The number of likely N-dealkylation sites (tertiary alicyclic amines) is 1. The third-order valence-corrected chi connectivity index (χ3v) is 6.80. The fourth-order valence-corrected chi connectivity index (χ4v) is 4.87. The predicted molar refractivity (Wildman–Crippen MR) is 131 cm³/mol. The lowest BCUT2D eigenvalue weighted by Crippen LogP contribution is -2.45. The highest BCUT2D eigenvalue weighted by Crippen LogP contribution is 2.28. The number of carbonyl (C=O) groups excluding carboxylic acids is 2. The van der Waals surface area contributed by atoms with Gasteiger partial charge in [-0.25, -0.2) is 4.79 Å². The van der Waals surface area contributed by atoms with E-state index in [1.54, 1.807) is 36.3 Å². The molecule has 7 nitrogen and oxygen atoms in total. The van der Waals surface area contributed by atoms with Crippen molar-refractivity contribution in [3.8, 4) is 0 Å². The second-order valence-electron chi connectivity index (χ2n) is 9.01. The molecule has 0 aromatic heterocycles. The zero-order valence-corrected chi connectivity index (χ0v) is 20.1. The van der Waals surface area contributed by atoms with Crippen LogP contribution in [-0.2, 0) is 16.0 Å². The molecule has 8 heteroatoms. The van der Waals surface area contributed by atoms with E-state index in [1.807, 2.05) is 6.07 Å². The standard InChI is InChI=1S/C25H31ClN4O3/c1-16-14-29(2)11-10-17-12-20(8-9-22(16)17)27-24(31)23-13-21(33-3)15-30(23)25(32)28-19-6-4-18(26)5-7-19/h4-9,12,16,21,23H,10-11,13-15H2,1-3H3,(H,27,31)(H,28,32)/t16-,21+,23+/m0/s1. The Bertz CT molecular complexity index is 1010. The molecule has 2 aromatic rings. The SMILES string of the molecule is CO[C@@H]1C[C@H](C(=O)Nc2ccc3c(c2)CCN(C)C[C@@H]3C)N(C(=O)Nc2ccc(Cl)cc2)C1. The fraction of sp³-hybridized carbons (Fsp3) is 0.440. The molecule has 2 aliphatic heterocycles. The Kier molecular flexibility index (Phi) is 7.22. The van der Waals surface area contributed by atoms with E-state index < -0.39 is 6.04 Å². The minimum absolute atomic E-state index is 0.194. The molecule has 2 N–H and O–H groups in total. The van der Waals surface area contributed by atoms with Crippen LogP contribution in [0.5, 0.6) is 0 Å². The Morgan fingerprint density at radius 1 is 1.06 bits per heavy atom. The first kappa shape index (κ1) is 23.5. The zero-order chi connectivity index (χ0) is 23.5. The fourth-order valence-electron chi connectivity index (χ4n) is 4.74. The summed E-state index contributed by atoms with van der Waals surface area (Å²) >= 11 is 5.93. The number of anilines is 2. The molecule has 3 amide bonds. The van der Waals surface area contributed by atoms with Crippen LogP contribution in [0, 0.1) is 0 Å². The molecule has 176 valence electrons. The summed E-state index contributed by atoms with van der Waals surface area (Å²) in [5, 5.41) is 6.47. The van der Waals surface area contributed by atoms with E-state index >= 15 is 0 Å². The first-order chi connectivity index (χ1) is 15.8. The number of hydrogen-bond donors (Lipinski definition) is 2. The second-order valence-corrected chi connectivity index (χ2v) is 9.45. The van der Waals surface area contributed by atoms with Crippen molar-refractivity contribution in [1.82, 2.24) is 9.80 Å². The Morgan fingerprint density at radius 2 is 1.79 bits per heavy atom. The van der Waals surface area contributed by atoms with Gasteiger partial charge >= 0.3 is 6.03 Å². The van der Waals surface area contributed by atoms with Crippen LogP contribution >= 0.6 is 11.6 Å². The summed E-state index contributed by atoms with van der Waals surface area (Å²) < 4.78 is 5.47. The van der Waals surface area contributed by atoms with Crippen LogP contribution in [0.25, 0.3) is 0 Å². The monoisotopic (exact) mass is 470 g/mol. The van der Waals surface area contributed by atoms with Crippen molar-refractivity contribution in [3.63, 3.8) is 0 Å². The Labute approximate surface area is 200 Å². The van der Waals surface area contributed by atoms with Gasteiger partial charge in [0.25, 0.3) is 0 Å². The average Bonchev–Trinajstić information content (AvgIpc) is 3.18. The molecule has 0 aliphatic carbocycles. The lowest BCUT2D eigenvalue weighted by molar-refractivity contribution is -0.119. The van der Waals surface area contributed by atoms with Crippen molar-refractivity contribution in [3.05, 3.63) is 58.6 Å². The van der Waals surface area contributed by atoms with Gasteiger partial charge in [0.2, 0.25) is 5.91 Å². The van der Waals surface area contributed by atoms with Crippen LogP contribution in [0.3, 0.4) is 0 Å². The number of nitrogens with one attached hydrogen (secondary N) is 2. The van der Waals surface area contributed by atoms with E-state index in [0.29, 0.717) is 29.6 Å². The maximum atomic E-state index is 13.2. The van der Waals surface area contributed by atoms with Gasteiger partial charge in [-0.3, -0.25) is 4.79 Å². The minimum atomic E-state index is -0.619. The molecule has 0 spiro atoms. The molecule has 4 rings (SSSR count). The van der Waals surface area contributed by atoms with E-state index in [-0.39, 0.29) is 18.0 Å². The van der Waals surface area contributed by atoms with Crippen molar-refractivity contribution < 1.29 is 14.3 Å². The predicted octanol–water partition coefficient (Wildman–Crippen LogP) is 4.19. The van der Waals surface area contributed by atoms with E-state index in [1.165, 1.54) is 11.1 Å². The molecule has 1 fully saturated rings. The third kappa shape index (κ3) is 5.49. The number of carbonyl (C=O) groups is 2. The van der Waals surface area contributed by atoms with Gasteiger partial charge < -0.3 is 25.2 Å². The summed E-state index contributed by atoms with van der Waals surface area (Å²) in [4.78, 5) is 30.1. The van der Waals surface area contributed by atoms with E-state index in [0.717, 1.165) is 25.2 Å². The normalized spacial score (nSPS) is 23.0. The quantitative estimate of drug-likeness (QED) is 0.702. The summed E-state index contributed by atoms with van der Waals surface area (Å²) in [6.07, 6.45) is 1.20. The minimum Gasteiger partial charge on any atom is -0.380 e.